The molecule has 1 aliphatic carbocycles. The molecule has 0 bridgehead atoms. The van der Waals surface area contributed by atoms with E-state index in [1.54, 1.807) is 12.1 Å². The van der Waals surface area contributed by atoms with Crippen LogP contribution in [0, 0.1) is 0 Å². The zero-order valence-electron chi connectivity index (χ0n) is 11.1. The van der Waals surface area contributed by atoms with Gasteiger partial charge in [-0.15, -0.1) is 0 Å². The van der Waals surface area contributed by atoms with Crippen LogP contribution in [0.5, 0.6) is 0 Å². The minimum absolute atomic E-state index is 0.0494. The highest BCUT2D eigenvalue weighted by molar-refractivity contribution is 7.91. The second-order valence-electron chi connectivity index (χ2n) is 5.17. The number of sulfone groups is 1. The Morgan fingerprint density at radius 2 is 2.05 bits per heavy atom. The summed E-state index contributed by atoms with van der Waals surface area (Å²) >= 11 is 6.05. The lowest BCUT2D eigenvalue weighted by Crippen LogP contribution is -2.37. The molecule has 1 aliphatic rings. The summed E-state index contributed by atoms with van der Waals surface area (Å²) in [5.41, 5.74) is 0.704. The van der Waals surface area contributed by atoms with Crippen LogP contribution in [0.25, 0.3) is 0 Å². The van der Waals surface area contributed by atoms with Gasteiger partial charge in [-0.2, -0.15) is 0 Å². The fraction of sp³-hybridized carbons (Fsp3) is 0.571. The topological polar surface area (TPSA) is 46.2 Å². The van der Waals surface area contributed by atoms with Crippen LogP contribution in [0.2, 0.25) is 5.02 Å². The molecule has 0 saturated heterocycles. The Balaban J connectivity index is 2.12. The van der Waals surface area contributed by atoms with E-state index in [1.807, 2.05) is 19.2 Å². The van der Waals surface area contributed by atoms with Crippen molar-refractivity contribution in [2.24, 2.45) is 0 Å². The average molecular weight is 302 g/mol. The molecule has 1 aromatic carbocycles. The molecule has 1 saturated carbocycles. The van der Waals surface area contributed by atoms with Gasteiger partial charge in [0.15, 0.2) is 9.84 Å². The first-order valence-electron chi connectivity index (χ1n) is 6.65. The van der Waals surface area contributed by atoms with Gasteiger partial charge in [0.25, 0.3) is 0 Å². The van der Waals surface area contributed by atoms with E-state index >= 15 is 0 Å². The van der Waals surface area contributed by atoms with Crippen LogP contribution in [-0.2, 0) is 15.6 Å². The third-order valence-corrected chi connectivity index (χ3v) is 6.38. The SMILES string of the molecule is CNC1CCCC(S(=O)(=O)Cc2ccccc2Cl)C1. The van der Waals surface area contributed by atoms with Gasteiger partial charge in [0, 0.05) is 11.1 Å². The monoisotopic (exact) mass is 301 g/mol. The summed E-state index contributed by atoms with van der Waals surface area (Å²) in [6.07, 6.45) is 3.51. The molecular formula is C14H20ClNO2S. The van der Waals surface area contributed by atoms with Crippen molar-refractivity contribution in [2.75, 3.05) is 7.05 Å². The molecule has 3 nitrogen and oxygen atoms in total. The molecule has 0 amide bonds. The highest BCUT2D eigenvalue weighted by Crippen LogP contribution is 2.28. The van der Waals surface area contributed by atoms with Crippen molar-refractivity contribution in [3.8, 4) is 0 Å². The van der Waals surface area contributed by atoms with Gasteiger partial charge in [-0.05, 0) is 37.9 Å². The van der Waals surface area contributed by atoms with E-state index in [4.69, 9.17) is 11.6 Å². The Bertz CT molecular complexity index is 530. The van der Waals surface area contributed by atoms with Crippen molar-refractivity contribution >= 4 is 21.4 Å². The van der Waals surface area contributed by atoms with Crippen molar-refractivity contribution in [2.45, 2.75) is 42.7 Å². The largest absolute Gasteiger partial charge is 0.317 e. The fourth-order valence-corrected chi connectivity index (χ4v) is 4.94. The molecule has 0 aliphatic heterocycles. The maximum atomic E-state index is 12.5. The van der Waals surface area contributed by atoms with E-state index in [2.05, 4.69) is 5.32 Å². The van der Waals surface area contributed by atoms with Gasteiger partial charge >= 0.3 is 0 Å². The summed E-state index contributed by atoms with van der Waals surface area (Å²) in [5.74, 6) is 0.0494. The summed E-state index contributed by atoms with van der Waals surface area (Å²) in [7, 11) is -1.23. The first-order chi connectivity index (χ1) is 9.03. The van der Waals surface area contributed by atoms with Gasteiger partial charge in [-0.25, -0.2) is 8.42 Å². The molecule has 0 heterocycles. The van der Waals surface area contributed by atoms with Crippen LogP contribution in [0.3, 0.4) is 0 Å². The van der Waals surface area contributed by atoms with Gasteiger partial charge in [0.05, 0.1) is 11.0 Å². The van der Waals surface area contributed by atoms with E-state index < -0.39 is 9.84 Å². The Morgan fingerprint density at radius 3 is 2.74 bits per heavy atom. The summed E-state index contributed by atoms with van der Waals surface area (Å²) in [4.78, 5) is 0. The lowest BCUT2D eigenvalue weighted by atomic mass is 9.95. The molecule has 1 N–H and O–H groups in total. The molecule has 106 valence electrons. The molecule has 0 aromatic heterocycles. The van der Waals surface area contributed by atoms with Crippen LogP contribution < -0.4 is 5.32 Å². The molecule has 2 unspecified atom stereocenters. The molecule has 2 atom stereocenters. The Kier molecular flexibility index (Phi) is 4.87. The molecular weight excluding hydrogens is 282 g/mol. The van der Waals surface area contributed by atoms with Crippen molar-refractivity contribution in [3.05, 3.63) is 34.9 Å². The normalized spacial score (nSPS) is 24.3. The van der Waals surface area contributed by atoms with E-state index in [-0.39, 0.29) is 11.0 Å². The molecule has 5 heteroatoms. The molecule has 19 heavy (non-hydrogen) atoms. The number of halogens is 1. The number of nitrogens with one attached hydrogen (secondary N) is 1. The highest BCUT2D eigenvalue weighted by atomic mass is 35.5. The summed E-state index contributed by atoms with van der Waals surface area (Å²) in [6, 6.07) is 7.49. The first kappa shape index (κ1) is 14.8. The number of benzene rings is 1. The lowest BCUT2D eigenvalue weighted by Gasteiger charge is -2.28. The lowest BCUT2D eigenvalue weighted by molar-refractivity contribution is 0.390. The summed E-state index contributed by atoms with van der Waals surface area (Å²) in [5, 5.41) is 3.48. The minimum Gasteiger partial charge on any atom is -0.317 e. The van der Waals surface area contributed by atoms with Crippen molar-refractivity contribution in [3.63, 3.8) is 0 Å². The van der Waals surface area contributed by atoms with E-state index in [1.165, 1.54) is 0 Å². The maximum absolute atomic E-state index is 12.5. The van der Waals surface area contributed by atoms with Gasteiger partial charge < -0.3 is 5.32 Å². The van der Waals surface area contributed by atoms with Crippen LogP contribution in [-0.4, -0.2) is 26.8 Å². The molecule has 0 spiro atoms. The number of hydrogen-bond acceptors (Lipinski definition) is 3. The Labute approximate surface area is 120 Å². The van der Waals surface area contributed by atoms with Crippen molar-refractivity contribution in [1.29, 1.82) is 0 Å². The predicted molar refractivity (Wildman–Crippen MR) is 79.2 cm³/mol. The maximum Gasteiger partial charge on any atom is 0.157 e. The van der Waals surface area contributed by atoms with Crippen molar-refractivity contribution < 1.29 is 8.42 Å². The Hall–Kier alpha value is -0.580. The molecule has 1 aromatic rings. The minimum atomic E-state index is -3.13. The number of hydrogen-bond donors (Lipinski definition) is 1. The second-order valence-corrected chi connectivity index (χ2v) is 7.86. The zero-order valence-corrected chi connectivity index (χ0v) is 12.7. The van der Waals surface area contributed by atoms with Gasteiger partial charge in [-0.1, -0.05) is 36.2 Å². The van der Waals surface area contributed by atoms with E-state index in [0.717, 1.165) is 19.3 Å². The highest BCUT2D eigenvalue weighted by Gasteiger charge is 2.31. The molecule has 2 rings (SSSR count). The average Bonchev–Trinajstić information content (AvgIpc) is 2.41. The van der Waals surface area contributed by atoms with Gasteiger partial charge in [0.2, 0.25) is 0 Å². The molecule has 1 fully saturated rings. The van der Waals surface area contributed by atoms with Crippen LogP contribution in [0.1, 0.15) is 31.2 Å². The zero-order chi connectivity index (χ0) is 13.9. The van der Waals surface area contributed by atoms with Crippen LogP contribution in [0.15, 0.2) is 24.3 Å². The van der Waals surface area contributed by atoms with Crippen LogP contribution in [0.4, 0.5) is 0 Å². The van der Waals surface area contributed by atoms with E-state index in [9.17, 15) is 8.42 Å². The Morgan fingerprint density at radius 1 is 1.32 bits per heavy atom. The summed E-state index contributed by atoms with van der Waals surface area (Å²) < 4.78 is 25.0. The third-order valence-electron chi connectivity index (χ3n) is 3.86. The fourth-order valence-electron chi connectivity index (χ4n) is 2.68. The van der Waals surface area contributed by atoms with Gasteiger partial charge in [-0.3, -0.25) is 0 Å². The van der Waals surface area contributed by atoms with Crippen molar-refractivity contribution in [1.82, 2.24) is 5.32 Å². The third kappa shape index (κ3) is 3.71. The van der Waals surface area contributed by atoms with E-state index in [0.29, 0.717) is 23.0 Å². The van der Waals surface area contributed by atoms with Crippen LogP contribution >= 0.6 is 11.6 Å². The predicted octanol–water partition coefficient (Wildman–Crippen LogP) is 2.79. The van der Waals surface area contributed by atoms with Gasteiger partial charge in [0.1, 0.15) is 0 Å². The second kappa shape index (κ2) is 6.25. The molecule has 0 radical (unpaired) electrons. The number of rotatable bonds is 4. The quantitative estimate of drug-likeness (QED) is 0.930. The standard InChI is InChI=1S/C14H20ClNO2S/c1-16-12-6-4-7-13(9-12)19(17,18)10-11-5-2-3-8-14(11)15/h2-3,5,8,12-13,16H,4,6-7,9-10H2,1H3. The first-order valence-corrected chi connectivity index (χ1v) is 8.74. The smallest absolute Gasteiger partial charge is 0.157 e. The summed E-state index contributed by atoms with van der Waals surface area (Å²) in [6.45, 7) is 0.